The van der Waals surface area contributed by atoms with Crippen molar-refractivity contribution < 1.29 is 19.6 Å². The van der Waals surface area contributed by atoms with Crippen molar-refractivity contribution in [3.05, 3.63) is 80.9 Å². The number of aliphatic hydroxyl groups excluding tert-OH is 1. The van der Waals surface area contributed by atoms with E-state index in [2.05, 4.69) is 0 Å². The van der Waals surface area contributed by atoms with E-state index in [0.717, 1.165) is 5.56 Å². The predicted octanol–water partition coefficient (Wildman–Crippen LogP) is 2.95. The summed E-state index contributed by atoms with van der Waals surface area (Å²) >= 11 is 0. The smallest absolute Gasteiger partial charge is 0.295 e. The zero-order valence-corrected chi connectivity index (χ0v) is 14.2. The molecule has 1 aliphatic rings. The third-order valence-corrected chi connectivity index (χ3v) is 4.42. The Bertz CT molecular complexity index is 929. The lowest BCUT2D eigenvalue weighted by molar-refractivity contribution is -0.384. The molecular weight excluding hydrogens is 336 g/mol. The second kappa shape index (κ2) is 6.44. The SMILES string of the molecule is Cc1ccc(/C(O)=C2\C(=O)C(=O)N(C)[C@H]2c2ccc([N+](=O)[O-])cc2)cc1. The molecule has 26 heavy (non-hydrogen) atoms. The van der Waals surface area contributed by atoms with Crippen LogP contribution in [-0.2, 0) is 9.59 Å². The maximum atomic E-state index is 12.4. The molecule has 0 aliphatic carbocycles. The van der Waals surface area contributed by atoms with Crippen molar-refractivity contribution in [2.75, 3.05) is 7.05 Å². The van der Waals surface area contributed by atoms with Gasteiger partial charge < -0.3 is 10.0 Å². The number of likely N-dealkylation sites (N-methyl/N-ethyl adjacent to an activating group) is 1. The number of non-ortho nitro benzene ring substituents is 1. The van der Waals surface area contributed by atoms with Crippen LogP contribution in [0.1, 0.15) is 22.7 Å². The number of hydrogen-bond donors (Lipinski definition) is 1. The average Bonchev–Trinajstić information content (AvgIpc) is 2.86. The first-order chi connectivity index (χ1) is 12.3. The van der Waals surface area contributed by atoms with Crippen LogP contribution in [0.5, 0.6) is 0 Å². The number of aryl methyl sites for hydroxylation is 1. The first-order valence-corrected chi connectivity index (χ1v) is 7.87. The fourth-order valence-corrected chi connectivity index (χ4v) is 2.98. The number of hydrogen-bond acceptors (Lipinski definition) is 5. The van der Waals surface area contributed by atoms with E-state index in [9.17, 15) is 24.8 Å². The Labute approximate surface area is 149 Å². The number of Topliss-reactive ketones (excluding diaryl/α,β-unsaturated/α-hetero) is 1. The Balaban J connectivity index is 2.13. The zero-order chi connectivity index (χ0) is 19.0. The molecule has 1 N–H and O–H groups in total. The van der Waals surface area contributed by atoms with Crippen molar-refractivity contribution in [2.24, 2.45) is 0 Å². The fourth-order valence-electron chi connectivity index (χ4n) is 2.98. The number of rotatable bonds is 3. The molecule has 2 aromatic carbocycles. The predicted molar refractivity (Wildman–Crippen MR) is 94.3 cm³/mol. The van der Waals surface area contributed by atoms with Crippen molar-refractivity contribution in [1.29, 1.82) is 0 Å². The van der Waals surface area contributed by atoms with Crippen LogP contribution in [0.15, 0.2) is 54.1 Å². The lowest BCUT2D eigenvalue weighted by Crippen LogP contribution is -2.24. The first kappa shape index (κ1) is 17.3. The topological polar surface area (TPSA) is 101 Å². The molecule has 1 atom stereocenters. The maximum Gasteiger partial charge on any atom is 0.295 e. The molecule has 2 aromatic rings. The van der Waals surface area contributed by atoms with E-state index in [1.807, 2.05) is 6.92 Å². The van der Waals surface area contributed by atoms with Gasteiger partial charge in [0.15, 0.2) is 0 Å². The van der Waals surface area contributed by atoms with Gasteiger partial charge >= 0.3 is 0 Å². The van der Waals surface area contributed by atoms with E-state index in [1.165, 1.54) is 36.2 Å². The van der Waals surface area contributed by atoms with E-state index < -0.39 is 22.7 Å². The van der Waals surface area contributed by atoms with Crippen LogP contribution in [0.4, 0.5) is 5.69 Å². The van der Waals surface area contributed by atoms with Crippen LogP contribution in [0, 0.1) is 17.0 Å². The van der Waals surface area contributed by atoms with Gasteiger partial charge in [-0.05, 0) is 24.6 Å². The van der Waals surface area contributed by atoms with E-state index >= 15 is 0 Å². The number of nitro benzene ring substituents is 1. The maximum absolute atomic E-state index is 12.4. The van der Waals surface area contributed by atoms with E-state index in [-0.39, 0.29) is 17.0 Å². The molecule has 132 valence electrons. The Hall–Kier alpha value is -3.48. The zero-order valence-electron chi connectivity index (χ0n) is 14.2. The van der Waals surface area contributed by atoms with Crippen molar-refractivity contribution in [1.82, 2.24) is 4.90 Å². The molecule has 1 aliphatic heterocycles. The third-order valence-electron chi connectivity index (χ3n) is 4.42. The Kier molecular flexibility index (Phi) is 4.29. The van der Waals surface area contributed by atoms with Crippen molar-refractivity contribution in [3.63, 3.8) is 0 Å². The minimum atomic E-state index is -0.808. The minimum Gasteiger partial charge on any atom is -0.507 e. The number of ketones is 1. The molecule has 1 amide bonds. The molecule has 1 heterocycles. The molecule has 0 aromatic heterocycles. The van der Waals surface area contributed by atoms with Crippen LogP contribution in [0.3, 0.4) is 0 Å². The summed E-state index contributed by atoms with van der Waals surface area (Å²) in [5, 5.41) is 21.5. The van der Waals surface area contributed by atoms with Gasteiger partial charge in [-0.25, -0.2) is 0 Å². The molecular formula is C19H16N2O5. The van der Waals surface area contributed by atoms with Gasteiger partial charge in [0.2, 0.25) is 0 Å². The molecule has 1 fully saturated rings. The van der Waals surface area contributed by atoms with Crippen LogP contribution in [0.25, 0.3) is 5.76 Å². The summed E-state index contributed by atoms with van der Waals surface area (Å²) in [6.07, 6.45) is 0. The van der Waals surface area contributed by atoms with Gasteiger partial charge in [0.25, 0.3) is 17.4 Å². The lowest BCUT2D eigenvalue weighted by Gasteiger charge is -2.20. The number of nitro groups is 1. The highest BCUT2D eigenvalue weighted by Gasteiger charge is 2.44. The van der Waals surface area contributed by atoms with Gasteiger partial charge in [0, 0.05) is 24.7 Å². The second-order valence-corrected chi connectivity index (χ2v) is 6.12. The molecule has 1 saturated heterocycles. The quantitative estimate of drug-likeness (QED) is 0.301. The van der Waals surface area contributed by atoms with E-state index in [1.54, 1.807) is 24.3 Å². The average molecular weight is 352 g/mol. The van der Waals surface area contributed by atoms with Crippen LogP contribution >= 0.6 is 0 Å². The molecule has 0 radical (unpaired) electrons. The van der Waals surface area contributed by atoms with Crippen molar-refractivity contribution >= 4 is 23.1 Å². The Morgan fingerprint density at radius 2 is 1.65 bits per heavy atom. The van der Waals surface area contributed by atoms with Crippen LogP contribution < -0.4 is 0 Å². The molecule has 0 bridgehead atoms. The summed E-state index contributed by atoms with van der Waals surface area (Å²) in [6, 6.07) is 11.7. The van der Waals surface area contributed by atoms with Gasteiger partial charge in [0.05, 0.1) is 16.5 Å². The van der Waals surface area contributed by atoms with Crippen molar-refractivity contribution in [2.45, 2.75) is 13.0 Å². The highest BCUT2D eigenvalue weighted by Crippen LogP contribution is 2.38. The number of likely N-dealkylation sites (tertiary alicyclic amines) is 1. The van der Waals surface area contributed by atoms with Crippen molar-refractivity contribution in [3.8, 4) is 0 Å². The van der Waals surface area contributed by atoms with E-state index in [0.29, 0.717) is 11.1 Å². The fraction of sp³-hybridized carbons (Fsp3) is 0.158. The number of carbonyl (C=O) groups is 2. The first-order valence-electron chi connectivity index (χ1n) is 7.87. The molecule has 3 rings (SSSR count). The van der Waals surface area contributed by atoms with Gasteiger partial charge in [-0.3, -0.25) is 19.7 Å². The number of amides is 1. The minimum absolute atomic E-state index is 0.0322. The molecule has 7 nitrogen and oxygen atoms in total. The normalized spacial score (nSPS) is 19.0. The number of nitrogens with zero attached hydrogens (tertiary/aromatic N) is 2. The number of aliphatic hydroxyl groups is 1. The number of benzene rings is 2. The Morgan fingerprint density at radius 3 is 2.19 bits per heavy atom. The van der Waals surface area contributed by atoms with Gasteiger partial charge in [-0.2, -0.15) is 0 Å². The summed E-state index contributed by atoms with van der Waals surface area (Å²) in [7, 11) is 1.46. The largest absolute Gasteiger partial charge is 0.507 e. The van der Waals surface area contributed by atoms with Gasteiger partial charge in [-0.15, -0.1) is 0 Å². The molecule has 0 spiro atoms. The highest BCUT2D eigenvalue weighted by molar-refractivity contribution is 6.46. The van der Waals surface area contributed by atoms with Crippen LogP contribution in [-0.4, -0.2) is 33.7 Å². The Morgan fingerprint density at radius 1 is 1.08 bits per heavy atom. The summed E-state index contributed by atoms with van der Waals surface area (Å²) in [6.45, 7) is 1.89. The molecule has 0 unspecified atom stereocenters. The molecule has 0 saturated carbocycles. The highest BCUT2D eigenvalue weighted by atomic mass is 16.6. The number of carbonyl (C=O) groups excluding carboxylic acids is 2. The third kappa shape index (κ3) is 2.83. The monoisotopic (exact) mass is 352 g/mol. The van der Waals surface area contributed by atoms with E-state index in [4.69, 9.17) is 0 Å². The second-order valence-electron chi connectivity index (χ2n) is 6.12. The summed E-state index contributed by atoms with van der Waals surface area (Å²) in [5.41, 5.74) is 1.79. The summed E-state index contributed by atoms with van der Waals surface area (Å²) in [5.74, 6) is -1.79. The summed E-state index contributed by atoms with van der Waals surface area (Å²) < 4.78 is 0. The van der Waals surface area contributed by atoms with Gasteiger partial charge in [-0.1, -0.05) is 29.8 Å². The molecule has 7 heteroatoms. The lowest BCUT2D eigenvalue weighted by atomic mass is 9.95. The van der Waals surface area contributed by atoms with Crippen LogP contribution in [0.2, 0.25) is 0 Å². The summed E-state index contributed by atoms with van der Waals surface area (Å²) in [4.78, 5) is 36.1. The van der Waals surface area contributed by atoms with Gasteiger partial charge in [0.1, 0.15) is 5.76 Å². The standard InChI is InChI=1S/C19H16N2O5/c1-11-3-5-13(6-4-11)17(22)15-16(20(2)19(24)18(15)23)12-7-9-14(10-8-12)21(25)26/h3-10,16,22H,1-2H3/b17-15+/t16-/m0/s1.